The van der Waals surface area contributed by atoms with Crippen LogP contribution in [0, 0.1) is 36.8 Å². The molecule has 9 nitrogen and oxygen atoms in total. The van der Waals surface area contributed by atoms with Gasteiger partial charge in [0.05, 0.1) is 10.8 Å². The standard InChI is InChI=1S/C22H23N3O6/c1-13-4-7-18(15(3)8-13)24-11-16(9-21(24)27)22(28)31-12-20(26)23-17-6-5-14(2)19(10-17)25(29)30/h4-8,10,16H,9,11-12H2,1-3H3,(H,23,26)/t16-/m1/s1. The Morgan fingerprint density at radius 1 is 1.16 bits per heavy atom. The van der Waals surface area contributed by atoms with Gasteiger partial charge in [-0.1, -0.05) is 23.8 Å². The average Bonchev–Trinajstić information content (AvgIpc) is 3.09. The molecular formula is C22H23N3O6. The highest BCUT2D eigenvalue weighted by molar-refractivity contribution is 6.00. The molecule has 3 rings (SSSR count). The van der Waals surface area contributed by atoms with E-state index in [1.807, 2.05) is 32.0 Å². The number of nitro groups is 1. The SMILES string of the molecule is Cc1ccc(N2C[C@H](C(=O)OCC(=O)Nc3ccc(C)c([N+](=O)[O-])c3)CC2=O)c(C)c1. The van der Waals surface area contributed by atoms with E-state index >= 15 is 0 Å². The Bertz CT molecular complexity index is 1070. The number of esters is 1. The van der Waals surface area contributed by atoms with Gasteiger partial charge in [-0.3, -0.25) is 24.5 Å². The van der Waals surface area contributed by atoms with E-state index in [0.29, 0.717) is 5.56 Å². The molecule has 0 bridgehead atoms. The minimum absolute atomic E-state index is 0.0118. The minimum Gasteiger partial charge on any atom is -0.455 e. The number of carbonyl (C=O) groups excluding carboxylic acids is 3. The number of nitrogens with one attached hydrogen (secondary N) is 1. The molecule has 2 aromatic rings. The van der Waals surface area contributed by atoms with Gasteiger partial charge in [-0.25, -0.2) is 0 Å². The highest BCUT2D eigenvalue weighted by Crippen LogP contribution is 2.29. The first kappa shape index (κ1) is 21.9. The van der Waals surface area contributed by atoms with Crippen LogP contribution in [0.15, 0.2) is 36.4 Å². The van der Waals surface area contributed by atoms with Crippen LogP contribution in [0.4, 0.5) is 17.1 Å². The van der Waals surface area contributed by atoms with Gasteiger partial charge in [0.15, 0.2) is 6.61 Å². The first-order chi connectivity index (χ1) is 14.7. The van der Waals surface area contributed by atoms with Crippen molar-refractivity contribution < 1.29 is 24.0 Å². The molecule has 9 heteroatoms. The van der Waals surface area contributed by atoms with Crippen molar-refractivity contribution in [1.82, 2.24) is 0 Å². The van der Waals surface area contributed by atoms with E-state index in [9.17, 15) is 24.5 Å². The van der Waals surface area contributed by atoms with Gasteiger partial charge in [-0.15, -0.1) is 0 Å². The van der Waals surface area contributed by atoms with E-state index in [4.69, 9.17) is 4.74 Å². The van der Waals surface area contributed by atoms with E-state index in [0.717, 1.165) is 16.8 Å². The van der Waals surface area contributed by atoms with Crippen molar-refractivity contribution >= 4 is 34.8 Å². The number of rotatable bonds is 6. The molecule has 1 atom stereocenters. The smallest absolute Gasteiger partial charge is 0.311 e. The van der Waals surface area contributed by atoms with Crippen molar-refractivity contribution in [3.63, 3.8) is 0 Å². The number of nitro benzene ring substituents is 1. The average molecular weight is 425 g/mol. The number of nitrogens with zero attached hydrogens (tertiary/aromatic N) is 2. The molecule has 0 saturated carbocycles. The molecule has 2 amide bonds. The van der Waals surface area contributed by atoms with Crippen LogP contribution >= 0.6 is 0 Å². The van der Waals surface area contributed by atoms with Crippen molar-refractivity contribution in [2.24, 2.45) is 5.92 Å². The van der Waals surface area contributed by atoms with E-state index in [1.165, 1.54) is 18.2 Å². The Labute approximate surface area is 179 Å². The van der Waals surface area contributed by atoms with Crippen molar-refractivity contribution in [2.75, 3.05) is 23.4 Å². The Hall–Kier alpha value is -3.75. The van der Waals surface area contributed by atoms with E-state index in [1.54, 1.807) is 11.8 Å². The molecule has 1 fully saturated rings. The number of ether oxygens (including phenoxy) is 1. The second-order valence-electron chi connectivity index (χ2n) is 7.61. The van der Waals surface area contributed by atoms with Gasteiger partial charge in [0.1, 0.15) is 0 Å². The largest absolute Gasteiger partial charge is 0.455 e. The fourth-order valence-electron chi connectivity index (χ4n) is 3.54. The third kappa shape index (κ3) is 5.06. The zero-order valence-corrected chi connectivity index (χ0v) is 17.5. The third-order valence-electron chi connectivity index (χ3n) is 5.14. The number of hydrogen-bond acceptors (Lipinski definition) is 6. The molecule has 1 aliphatic rings. The Balaban J connectivity index is 1.56. The number of carbonyl (C=O) groups is 3. The molecule has 0 radical (unpaired) electrons. The van der Waals surface area contributed by atoms with Gasteiger partial charge >= 0.3 is 5.97 Å². The van der Waals surface area contributed by atoms with Gasteiger partial charge in [0, 0.05) is 36.0 Å². The number of aryl methyl sites for hydroxylation is 3. The highest BCUT2D eigenvalue weighted by Gasteiger charge is 2.36. The molecule has 0 aromatic heterocycles. The van der Waals surface area contributed by atoms with E-state index in [-0.39, 0.29) is 30.2 Å². The summed E-state index contributed by atoms with van der Waals surface area (Å²) in [6.45, 7) is 5.10. The van der Waals surface area contributed by atoms with Gasteiger partial charge < -0.3 is 15.0 Å². The van der Waals surface area contributed by atoms with Crippen LogP contribution in [0.2, 0.25) is 0 Å². The Kier molecular flexibility index (Phi) is 6.33. The lowest BCUT2D eigenvalue weighted by Crippen LogP contribution is -2.28. The van der Waals surface area contributed by atoms with Crippen LogP contribution in [-0.2, 0) is 19.1 Å². The molecule has 1 saturated heterocycles. The molecule has 0 unspecified atom stereocenters. The molecule has 1 heterocycles. The predicted molar refractivity (Wildman–Crippen MR) is 114 cm³/mol. The second kappa shape index (κ2) is 8.95. The summed E-state index contributed by atoms with van der Waals surface area (Å²) in [5.41, 5.74) is 3.35. The number of anilines is 2. The molecular weight excluding hydrogens is 402 g/mol. The maximum absolute atomic E-state index is 12.4. The lowest BCUT2D eigenvalue weighted by Gasteiger charge is -2.19. The number of amides is 2. The van der Waals surface area contributed by atoms with Crippen molar-refractivity contribution in [3.8, 4) is 0 Å². The van der Waals surface area contributed by atoms with Crippen molar-refractivity contribution in [1.29, 1.82) is 0 Å². The summed E-state index contributed by atoms with van der Waals surface area (Å²) in [4.78, 5) is 48.9. The van der Waals surface area contributed by atoms with Gasteiger partial charge in [0.2, 0.25) is 5.91 Å². The van der Waals surface area contributed by atoms with Crippen LogP contribution in [0.1, 0.15) is 23.1 Å². The number of hydrogen-bond donors (Lipinski definition) is 1. The first-order valence-electron chi connectivity index (χ1n) is 9.75. The van der Waals surface area contributed by atoms with Crippen molar-refractivity contribution in [2.45, 2.75) is 27.2 Å². The zero-order valence-electron chi connectivity index (χ0n) is 17.5. The lowest BCUT2D eigenvalue weighted by molar-refractivity contribution is -0.385. The second-order valence-corrected chi connectivity index (χ2v) is 7.61. The van der Waals surface area contributed by atoms with Crippen molar-refractivity contribution in [3.05, 3.63) is 63.2 Å². The molecule has 1 N–H and O–H groups in total. The van der Waals surface area contributed by atoms with Crippen LogP contribution in [0.3, 0.4) is 0 Å². The summed E-state index contributed by atoms with van der Waals surface area (Å²) < 4.78 is 5.08. The molecule has 31 heavy (non-hydrogen) atoms. The topological polar surface area (TPSA) is 119 Å². The molecule has 2 aromatic carbocycles. The van der Waals surface area contributed by atoms with Crippen LogP contribution in [-0.4, -0.2) is 35.9 Å². The molecule has 162 valence electrons. The zero-order chi connectivity index (χ0) is 22.7. The predicted octanol–water partition coefficient (Wildman–Crippen LogP) is 3.05. The summed E-state index contributed by atoms with van der Waals surface area (Å²) >= 11 is 0. The van der Waals surface area contributed by atoms with E-state index in [2.05, 4.69) is 5.32 Å². The van der Waals surface area contributed by atoms with E-state index < -0.39 is 29.3 Å². The summed E-state index contributed by atoms with van der Waals surface area (Å²) in [5.74, 6) is -2.10. The quantitative estimate of drug-likeness (QED) is 0.432. The summed E-state index contributed by atoms with van der Waals surface area (Å²) in [7, 11) is 0. The molecule has 0 spiro atoms. The summed E-state index contributed by atoms with van der Waals surface area (Å²) in [6.07, 6.45) is 0.0118. The first-order valence-corrected chi connectivity index (χ1v) is 9.75. The number of benzene rings is 2. The maximum atomic E-state index is 12.4. The fraction of sp³-hybridized carbons (Fsp3) is 0.318. The van der Waals surface area contributed by atoms with Gasteiger partial charge in [0.25, 0.3) is 11.6 Å². The van der Waals surface area contributed by atoms with Crippen LogP contribution in [0.5, 0.6) is 0 Å². The minimum atomic E-state index is -0.665. The van der Waals surface area contributed by atoms with Crippen LogP contribution < -0.4 is 10.2 Å². The lowest BCUT2D eigenvalue weighted by atomic mass is 10.1. The maximum Gasteiger partial charge on any atom is 0.311 e. The Morgan fingerprint density at radius 2 is 1.90 bits per heavy atom. The summed E-state index contributed by atoms with van der Waals surface area (Å²) in [6, 6.07) is 10.0. The van der Waals surface area contributed by atoms with Crippen LogP contribution in [0.25, 0.3) is 0 Å². The molecule has 0 aliphatic carbocycles. The summed E-state index contributed by atoms with van der Waals surface area (Å²) in [5, 5.41) is 13.5. The normalized spacial score (nSPS) is 15.6. The Morgan fingerprint density at radius 3 is 2.58 bits per heavy atom. The molecule has 1 aliphatic heterocycles. The monoisotopic (exact) mass is 425 g/mol. The van der Waals surface area contributed by atoms with Gasteiger partial charge in [-0.05, 0) is 38.5 Å². The fourth-order valence-corrected chi connectivity index (χ4v) is 3.54. The van der Waals surface area contributed by atoms with Gasteiger partial charge in [-0.2, -0.15) is 0 Å². The third-order valence-corrected chi connectivity index (χ3v) is 5.14. The highest BCUT2D eigenvalue weighted by atomic mass is 16.6.